The molecule has 3 aliphatic heterocycles. The number of benzene rings is 2. The normalized spacial score (nSPS) is 17.1. The van der Waals surface area contributed by atoms with Gasteiger partial charge in [-0.05, 0) is 76.5 Å². The van der Waals surface area contributed by atoms with Crippen molar-refractivity contribution in [1.29, 1.82) is 0 Å². The van der Waals surface area contributed by atoms with E-state index in [9.17, 15) is 14.4 Å². The largest absolute Gasteiger partial charge is 0.467 e. The van der Waals surface area contributed by atoms with Gasteiger partial charge in [-0.2, -0.15) is 0 Å². The zero-order valence-corrected chi connectivity index (χ0v) is 29.8. The van der Waals surface area contributed by atoms with Crippen molar-refractivity contribution in [2.75, 3.05) is 45.1 Å². The summed E-state index contributed by atoms with van der Waals surface area (Å²) in [5.41, 5.74) is 7.75. The molecule has 1 atom stereocenters. The lowest BCUT2D eigenvalue weighted by molar-refractivity contribution is -0.131. The second kappa shape index (κ2) is 13.2. The number of aromatic nitrogens is 2. The van der Waals surface area contributed by atoms with E-state index in [-0.39, 0.29) is 24.1 Å². The van der Waals surface area contributed by atoms with Crippen LogP contribution in [-0.4, -0.2) is 87.5 Å². The van der Waals surface area contributed by atoms with Crippen molar-refractivity contribution in [3.05, 3.63) is 81.8 Å². The number of hydrogen-bond acceptors (Lipinski definition) is 8. The SMILES string of the molecule is CCN(C)CC(=O)N1CC2=C(C1)OC(c1cccc(-c3cccc(NC(=O)c4nc5c(n4C)CCN(C(=O)OC(C)(C)C)C5)c3C)c1C)N2. The molecule has 4 heterocycles. The number of hydrogen-bond donors (Lipinski definition) is 2. The van der Waals surface area contributed by atoms with Gasteiger partial charge in [0.2, 0.25) is 5.91 Å². The molecule has 3 aromatic rings. The molecule has 0 aliphatic carbocycles. The van der Waals surface area contributed by atoms with Crippen LogP contribution < -0.4 is 10.6 Å². The molecule has 12 nitrogen and oxygen atoms in total. The molecule has 0 fully saturated rings. The summed E-state index contributed by atoms with van der Waals surface area (Å²) in [5.74, 6) is 0.886. The summed E-state index contributed by atoms with van der Waals surface area (Å²) in [6.45, 7) is 14.6. The molecule has 0 saturated heterocycles. The average Bonchev–Trinajstić information content (AvgIpc) is 3.73. The molecule has 6 rings (SSSR count). The zero-order chi connectivity index (χ0) is 35.2. The average molecular weight is 670 g/mol. The quantitative estimate of drug-likeness (QED) is 0.366. The van der Waals surface area contributed by atoms with Crippen LogP contribution in [0.2, 0.25) is 0 Å². The lowest BCUT2D eigenvalue weighted by Crippen LogP contribution is -2.40. The fourth-order valence-corrected chi connectivity index (χ4v) is 6.61. The number of nitrogens with one attached hydrogen (secondary N) is 2. The second-order valence-electron chi connectivity index (χ2n) is 14.1. The molecule has 49 heavy (non-hydrogen) atoms. The number of fused-ring (bicyclic) bond motifs is 1. The van der Waals surface area contributed by atoms with Crippen LogP contribution in [0.4, 0.5) is 10.5 Å². The lowest BCUT2D eigenvalue weighted by atomic mass is 9.92. The first kappa shape index (κ1) is 34.0. The molecule has 3 amide bonds. The molecule has 0 saturated carbocycles. The predicted molar refractivity (Wildman–Crippen MR) is 187 cm³/mol. The van der Waals surface area contributed by atoms with E-state index < -0.39 is 5.60 Å². The van der Waals surface area contributed by atoms with Crippen molar-refractivity contribution in [1.82, 2.24) is 29.6 Å². The van der Waals surface area contributed by atoms with Crippen LogP contribution in [0.5, 0.6) is 0 Å². The van der Waals surface area contributed by atoms with Gasteiger partial charge in [-0.3, -0.25) is 14.5 Å². The summed E-state index contributed by atoms with van der Waals surface area (Å²) in [5, 5.41) is 6.60. The van der Waals surface area contributed by atoms with E-state index in [1.54, 1.807) is 4.90 Å². The first-order valence-electron chi connectivity index (χ1n) is 16.9. The van der Waals surface area contributed by atoms with Crippen LogP contribution in [-0.2, 0) is 34.3 Å². The van der Waals surface area contributed by atoms with Crippen molar-refractivity contribution in [3.63, 3.8) is 0 Å². The van der Waals surface area contributed by atoms with Crippen LogP contribution in [0.15, 0.2) is 47.9 Å². The topological polar surface area (TPSA) is 121 Å². The Morgan fingerprint density at radius 1 is 1.04 bits per heavy atom. The lowest BCUT2D eigenvalue weighted by Gasteiger charge is -2.29. The summed E-state index contributed by atoms with van der Waals surface area (Å²) in [6, 6.07) is 12.0. The highest BCUT2D eigenvalue weighted by Gasteiger charge is 2.36. The van der Waals surface area contributed by atoms with E-state index in [0.717, 1.165) is 51.5 Å². The van der Waals surface area contributed by atoms with Crippen LogP contribution in [0.25, 0.3) is 11.1 Å². The Kier molecular flexibility index (Phi) is 9.19. The molecule has 0 spiro atoms. The van der Waals surface area contributed by atoms with Gasteiger partial charge in [0.1, 0.15) is 11.4 Å². The first-order valence-corrected chi connectivity index (χ1v) is 16.9. The van der Waals surface area contributed by atoms with Crippen LogP contribution in [0.3, 0.4) is 0 Å². The van der Waals surface area contributed by atoms with E-state index in [0.29, 0.717) is 56.4 Å². The van der Waals surface area contributed by atoms with E-state index in [1.165, 1.54) is 0 Å². The Morgan fingerprint density at radius 3 is 2.45 bits per heavy atom. The van der Waals surface area contributed by atoms with Crippen molar-refractivity contribution in [2.45, 2.75) is 66.3 Å². The highest BCUT2D eigenvalue weighted by Crippen LogP contribution is 2.38. The Balaban J connectivity index is 1.15. The summed E-state index contributed by atoms with van der Waals surface area (Å²) in [7, 11) is 3.78. The highest BCUT2D eigenvalue weighted by molar-refractivity contribution is 6.03. The molecule has 2 N–H and O–H groups in total. The van der Waals surface area contributed by atoms with Crippen molar-refractivity contribution in [3.8, 4) is 11.1 Å². The number of carbonyl (C=O) groups is 3. The molecule has 1 aromatic heterocycles. The van der Waals surface area contributed by atoms with Crippen LogP contribution in [0, 0.1) is 13.8 Å². The molecule has 0 bridgehead atoms. The molecule has 3 aliphatic rings. The predicted octanol–water partition coefficient (Wildman–Crippen LogP) is 4.87. The number of anilines is 1. The van der Waals surface area contributed by atoms with Gasteiger partial charge in [-0.1, -0.05) is 37.3 Å². The summed E-state index contributed by atoms with van der Waals surface area (Å²) in [4.78, 5) is 49.1. The number of rotatable bonds is 7. The van der Waals surface area contributed by atoms with Gasteiger partial charge < -0.3 is 34.5 Å². The molecular formula is C37H47N7O5. The zero-order valence-electron chi connectivity index (χ0n) is 29.8. The summed E-state index contributed by atoms with van der Waals surface area (Å²) >= 11 is 0. The van der Waals surface area contributed by atoms with E-state index in [4.69, 9.17) is 9.47 Å². The summed E-state index contributed by atoms with van der Waals surface area (Å²) in [6.07, 6.45) is -0.142. The number of imidazole rings is 1. The third kappa shape index (κ3) is 6.87. The van der Waals surface area contributed by atoms with Crippen molar-refractivity contribution < 1.29 is 23.9 Å². The Bertz CT molecular complexity index is 1820. The third-order valence-electron chi connectivity index (χ3n) is 9.52. The summed E-state index contributed by atoms with van der Waals surface area (Å²) < 4.78 is 13.7. The molecule has 2 aromatic carbocycles. The number of likely N-dealkylation sites (N-methyl/N-ethyl adjacent to an activating group) is 1. The Labute approximate surface area is 288 Å². The molecule has 12 heteroatoms. The minimum atomic E-state index is -0.590. The minimum absolute atomic E-state index is 0.0914. The number of carbonyl (C=O) groups excluding carboxylic acids is 3. The van der Waals surface area contributed by atoms with E-state index in [2.05, 4.69) is 40.7 Å². The Morgan fingerprint density at radius 2 is 1.76 bits per heavy atom. The highest BCUT2D eigenvalue weighted by atomic mass is 16.6. The van der Waals surface area contributed by atoms with Crippen molar-refractivity contribution >= 4 is 23.6 Å². The maximum absolute atomic E-state index is 13.6. The van der Waals surface area contributed by atoms with Gasteiger partial charge in [0.25, 0.3) is 5.91 Å². The maximum Gasteiger partial charge on any atom is 0.410 e. The van der Waals surface area contributed by atoms with Crippen LogP contribution in [0.1, 0.15) is 72.6 Å². The number of nitrogens with zero attached hydrogens (tertiary/aromatic N) is 5. The smallest absolute Gasteiger partial charge is 0.410 e. The minimum Gasteiger partial charge on any atom is -0.467 e. The molecule has 1 unspecified atom stereocenters. The van der Waals surface area contributed by atoms with Gasteiger partial charge in [0.15, 0.2) is 12.1 Å². The van der Waals surface area contributed by atoms with E-state index in [1.807, 2.05) is 81.3 Å². The monoisotopic (exact) mass is 669 g/mol. The standard InChI is InChI=1S/C37H47N7O5/c1-9-41(7)21-32(45)44-19-29-31(20-44)48-35(40-29)26-14-10-12-24(22(26)2)25-13-11-15-27(23(25)3)39-34(46)33-38-28-18-43(17-16-30(28)42(33)8)36(47)49-37(4,5)6/h10-15,35,40H,9,16-21H2,1-8H3,(H,39,46). The van der Waals surface area contributed by atoms with Crippen molar-refractivity contribution in [2.24, 2.45) is 7.05 Å². The van der Waals surface area contributed by atoms with Gasteiger partial charge in [0, 0.05) is 37.0 Å². The number of amides is 3. The second-order valence-corrected chi connectivity index (χ2v) is 14.1. The van der Waals surface area contributed by atoms with Gasteiger partial charge in [-0.25, -0.2) is 9.78 Å². The fraction of sp³-hybridized carbons (Fsp3) is 0.459. The molecule has 260 valence electrons. The fourth-order valence-electron chi connectivity index (χ4n) is 6.61. The van der Waals surface area contributed by atoms with Gasteiger partial charge >= 0.3 is 6.09 Å². The van der Waals surface area contributed by atoms with Gasteiger partial charge in [-0.15, -0.1) is 0 Å². The van der Waals surface area contributed by atoms with Gasteiger partial charge in [0.05, 0.1) is 37.6 Å². The van der Waals surface area contributed by atoms with E-state index >= 15 is 0 Å². The van der Waals surface area contributed by atoms with Crippen LogP contribution >= 0.6 is 0 Å². The first-order chi connectivity index (χ1) is 23.2. The maximum atomic E-state index is 13.6. The number of ether oxygens (including phenoxy) is 2. The molecule has 0 radical (unpaired) electrons. The molecular weight excluding hydrogens is 622 g/mol. The Hall–Kier alpha value is -4.84. The third-order valence-corrected chi connectivity index (χ3v) is 9.52.